The molecule has 4 N–H and O–H groups in total. The predicted octanol–water partition coefficient (Wildman–Crippen LogP) is 11.6. The number of likely N-dealkylation sites (tertiary alicyclic amines) is 1. The molecule has 2 aliphatic carbocycles. The molecule has 70 heavy (non-hydrogen) atoms. The molecule has 2 saturated heterocycles. The molecule has 4 fully saturated rings. The summed E-state index contributed by atoms with van der Waals surface area (Å²) < 4.78 is 42.4. The van der Waals surface area contributed by atoms with Crippen LogP contribution in [0.15, 0.2) is 76.9 Å². The first-order chi connectivity index (χ1) is 33.8. The number of nitrogens with one attached hydrogen (secondary N) is 3. The van der Waals surface area contributed by atoms with Gasteiger partial charge in [0.2, 0.25) is 0 Å². The molecular formula is C54H66FN7O7S. The second-order valence-corrected chi connectivity index (χ2v) is 21.9. The maximum atomic E-state index is 15.1. The first-order valence-corrected chi connectivity index (χ1v) is 26.0. The Balaban J connectivity index is 0.867. The molecule has 14 nitrogen and oxygen atoms in total. The van der Waals surface area contributed by atoms with Crippen LogP contribution in [0.2, 0.25) is 0 Å². The summed E-state index contributed by atoms with van der Waals surface area (Å²) in [6.07, 6.45) is 11.1. The molecule has 1 spiro atoms. The van der Waals surface area contributed by atoms with Crippen LogP contribution < -0.4 is 29.1 Å². The number of nitrogens with zero attached hydrogens (tertiary/aromatic N) is 4. The Morgan fingerprint density at radius 1 is 1.03 bits per heavy atom. The predicted molar refractivity (Wildman–Crippen MR) is 271 cm³/mol. The average molecular weight is 976 g/mol. The third kappa shape index (κ3) is 9.93. The molecular weight excluding hydrogens is 910 g/mol. The van der Waals surface area contributed by atoms with Gasteiger partial charge in [0.05, 0.1) is 28.7 Å². The minimum absolute atomic E-state index is 0.0225. The molecule has 5 aromatic rings. The number of carbonyl (C=O) groups is 1. The van der Waals surface area contributed by atoms with E-state index in [2.05, 4.69) is 73.1 Å². The van der Waals surface area contributed by atoms with Crippen molar-refractivity contribution in [1.82, 2.24) is 19.6 Å². The summed E-state index contributed by atoms with van der Waals surface area (Å²) in [6, 6.07) is 20.6. The van der Waals surface area contributed by atoms with Crippen LogP contribution in [-0.4, -0.2) is 89.6 Å². The SMILES string of the molecule is CO[C@H](C)COc1nc2[nH]cc(F)c2cc1Oc1cc(N2CCC3(CC2)CC(N2CCCC2c2ccccc2C(C)C)C3)ccc1C(=O)NSc1cc(N=O)c2c(c1)OC[C@H]([C@H]1CC[C@](C)(O)CC1)N2. The van der Waals surface area contributed by atoms with E-state index in [9.17, 15) is 14.8 Å². The lowest BCUT2D eigenvalue weighted by Crippen LogP contribution is -2.54. The molecule has 16 heteroatoms. The van der Waals surface area contributed by atoms with Gasteiger partial charge in [-0.15, -0.1) is 4.91 Å². The van der Waals surface area contributed by atoms with Crippen molar-refractivity contribution in [3.63, 3.8) is 0 Å². The highest BCUT2D eigenvalue weighted by atomic mass is 32.2. The van der Waals surface area contributed by atoms with E-state index in [1.54, 1.807) is 25.3 Å². The number of amides is 1. The van der Waals surface area contributed by atoms with E-state index >= 15 is 4.39 Å². The number of aliphatic hydroxyl groups is 1. The van der Waals surface area contributed by atoms with E-state index < -0.39 is 17.3 Å². The number of carbonyl (C=O) groups excluding carboxylic acids is 1. The van der Waals surface area contributed by atoms with Gasteiger partial charge in [-0.2, -0.15) is 4.98 Å². The van der Waals surface area contributed by atoms with Crippen molar-refractivity contribution in [2.45, 2.75) is 133 Å². The number of H-pyrrole nitrogens is 1. The Kier molecular flexibility index (Phi) is 13.8. The molecule has 5 aliphatic rings. The van der Waals surface area contributed by atoms with Gasteiger partial charge in [0, 0.05) is 61.2 Å². The zero-order valence-corrected chi connectivity index (χ0v) is 41.7. The minimum Gasteiger partial charge on any atom is -0.489 e. The molecule has 372 valence electrons. The number of pyridine rings is 1. The molecule has 0 radical (unpaired) electrons. The third-order valence-corrected chi connectivity index (χ3v) is 16.7. The smallest absolute Gasteiger partial charge is 0.265 e. The summed E-state index contributed by atoms with van der Waals surface area (Å²) in [5.74, 6) is 0.805. The fourth-order valence-electron chi connectivity index (χ4n) is 11.7. The number of ether oxygens (including phenoxy) is 4. The van der Waals surface area contributed by atoms with E-state index in [4.69, 9.17) is 18.9 Å². The molecule has 2 saturated carbocycles. The van der Waals surface area contributed by atoms with Crippen molar-refractivity contribution in [3.05, 3.63) is 94.3 Å². The Bertz CT molecular complexity index is 2710. The highest BCUT2D eigenvalue weighted by Crippen LogP contribution is 2.55. The number of methoxy groups -OCH3 is 1. The first kappa shape index (κ1) is 48.2. The normalized spacial score (nSPS) is 23.9. The van der Waals surface area contributed by atoms with Crippen LogP contribution in [0.4, 0.5) is 21.5 Å². The summed E-state index contributed by atoms with van der Waals surface area (Å²) in [6.45, 7) is 11.8. The Labute approximate surface area is 413 Å². The third-order valence-electron chi connectivity index (χ3n) is 15.9. The van der Waals surface area contributed by atoms with E-state index in [0.717, 1.165) is 63.0 Å². The van der Waals surface area contributed by atoms with Crippen molar-refractivity contribution < 1.29 is 33.2 Å². The molecule has 0 bridgehead atoms. The molecule has 1 unspecified atom stereocenters. The molecule has 2 aromatic heterocycles. The van der Waals surface area contributed by atoms with E-state index in [1.165, 1.54) is 49.1 Å². The van der Waals surface area contributed by atoms with Gasteiger partial charge in [-0.25, -0.2) is 4.39 Å². The fourth-order valence-corrected chi connectivity index (χ4v) is 12.3. The zero-order valence-electron chi connectivity index (χ0n) is 40.9. The summed E-state index contributed by atoms with van der Waals surface area (Å²) in [7, 11) is 1.59. The Morgan fingerprint density at radius 2 is 1.81 bits per heavy atom. The second kappa shape index (κ2) is 20.0. The summed E-state index contributed by atoms with van der Waals surface area (Å²) >= 11 is 1.03. The van der Waals surface area contributed by atoms with Crippen LogP contribution in [-0.2, 0) is 4.74 Å². The maximum Gasteiger partial charge on any atom is 0.265 e. The second-order valence-electron chi connectivity index (χ2n) is 21.0. The zero-order chi connectivity index (χ0) is 48.7. The highest BCUT2D eigenvalue weighted by molar-refractivity contribution is 7.98. The number of nitroso groups, excluding NO2 is 1. The van der Waals surface area contributed by atoms with Gasteiger partial charge in [0.1, 0.15) is 47.6 Å². The van der Waals surface area contributed by atoms with Crippen molar-refractivity contribution in [1.29, 1.82) is 0 Å². The molecule has 3 atom stereocenters. The highest BCUT2D eigenvalue weighted by Gasteiger charge is 2.50. The first-order valence-electron chi connectivity index (χ1n) is 25.1. The number of piperidine rings is 1. The van der Waals surface area contributed by atoms with Crippen molar-refractivity contribution in [2.75, 3.05) is 50.2 Å². The lowest BCUT2D eigenvalue weighted by molar-refractivity contribution is -0.0227. The van der Waals surface area contributed by atoms with Crippen molar-refractivity contribution >= 4 is 46.0 Å². The number of hydrogen-bond acceptors (Lipinski definition) is 13. The molecule has 10 rings (SSSR count). The van der Waals surface area contributed by atoms with Gasteiger partial charge in [-0.05, 0) is 154 Å². The molecule has 5 heterocycles. The maximum absolute atomic E-state index is 15.1. The van der Waals surface area contributed by atoms with E-state index in [0.29, 0.717) is 64.8 Å². The monoisotopic (exact) mass is 975 g/mol. The van der Waals surface area contributed by atoms with E-state index in [1.807, 2.05) is 26.0 Å². The molecule has 3 aromatic carbocycles. The van der Waals surface area contributed by atoms with Crippen molar-refractivity contribution in [3.8, 4) is 23.1 Å². The number of anilines is 2. The van der Waals surface area contributed by atoms with Gasteiger partial charge < -0.3 is 39.3 Å². The average Bonchev–Trinajstić information content (AvgIpc) is 3.99. The lowest BCUT2D eigenvalue weighted by atomic mass is 9.59. The van der Waals surface area contributed by atoms with Crippen molar-refractivity contribution in [2.24, 2.45) is 16.5 Å². The number of hydrogen-bond donors (Lipinski definition) is 4. The molecule has 3 aliphatic heterocycles. The number of benzene rings is 3. The van der Waals surface area contributed by atoms with Crippen LogP contribution in [0.1, 0.15) is 125 Å². The largest absolute Gasteiger partial charge is 0.489 e. The van der Waals surface area contributed by atoms with Gasteiger partial charge in [0.15, 0.2) is 5.75 Å². The standard InChI is InChI=1S/C54H66FN7O7S/c1-32(2)38-9-6-7-10-39(38)45-11-8-20-62(45)36-27-54(28-36)18-21-61(22-19-54)35-12-13-40(46(23-35)69-48-26-41-42(55)29-56-50(41)58-52(48)68-30-33(3)66-5)51(63)60-70-37-24-43(59-65)49-47(25-37)67-31-44(57-49)34-14-16-53(4,64)17-15-34/h6-7,9-10,12-13,23-26,29,32-34,36,44-45,57,64H,8,11,14-22,27-28,30-31H2,1-5H3,(H,56,58)(H,60,63)/t33-,34-,44-,45?,53-/m1/s1. The van der Waals surface area contributed by atoms with Crippen LogP contribution >= 0.6 is 11.9 Å². The topological polar surface area (TPSA) is 163 Å². The summed E-state index contributed by atoms with van der Waals surface area (Å²) in [5, 5.41) is 17.5. The Morgan fingerprint density at radius 3 is 2.57 bits per heavy atom. The fraction of sp³-hybridized carbons (Fsp3) is 0.519. The minimum atomic E-state index is -0.657. The number of halogens is 1. The van der Waals surface area contributed by atoms with Gasteiger partial charge in [-0.3, -0.25) is 14.4 Å². The summed E-state index contributed by atoms with van der Waals surface area (Å²) in [5.41, 5.74) is 4.77. The lowest BCUT2D eigenvalue weighted by Gasteiger charge is -2.56. The van der Waals surface area contributed by atoms with Crippen LogP contribution in [0.5, 0.6) is 23.1 Å². The van der Waals surface area contributed by atoms with Crippen LogP contribution in [0.3, 0.4) is 0 Å². The number of fused-ring (bicyclic) bond motifs is 2. The Hall–Kier alpha value is -5.42. The number of aromatic nitrogens is 2. The van der Waals surface area contributed by atoms with Crippen LogP contribution in [0.25, 0.3) is 11.0 Å². The quantitative estimate of drug-likeness (QED) is 0.0581. The van der Waals surface area contributed by atoms with Gasteiger partial charge in [-0.1, -0.05) is 38.1 Å². The van der Waals surface area contributed by atoms with Gasteiger partial charge >= 0.3 is 0 Å². The van der Waals surface area contributed by atoms with E-state index in [-0.39, 0.29) is 58.7 Å². The number of aromatic amines is 1. The van der Waals surface area contributed by atoms with Gasteiger partial charge in [0.25, 0.3) is 11.8 Å². The molecule has 1 amide bonds. The summed E-state index contributed by atoms with van der Waals surface area (Å²) in [4.78, 5) is 39.7. The van der Waals surface area contributed by atoms with Crippen LogP contribution in [0, 0.1) is 22.1 Å². The number of rotatable bonds is 15.